The molecule has 1 aromatic rings. The van der Waals surface area contributed by atoms with Crippen LogP contribution in [0.4, 0.5) is 0 Å². The molecule has 0 nitrogen and oxygen atoms in total. The summed E-state index contributed by atoms with van der Waals surface area (Å²) in [6, 6.07) is 8.32. The zero-order chi connectivity index (χ0) is 8.55. The summed E-state index contributed by atoms with van der Waals surface area (Å²) in [5, 5.41) is 0.102. The predicted molar refractivity (Wildman–Crippen MR) is 53.1 cm³/mol. The Morgan fingerprint density at radius 3 is 2.67 bits per heavy atom. The van der Waals surface area contributed by atoms with Crippen LogP contribution in [-0.2, 0) is 0 Å². The number of halogens is 1. The van der Waals surface area contributed by atoms with E-state index in [4.69, 9.17) is 11.6 Å². The highest BCUT2D eigenvalue weighted by molar-refractivity contribution is 6.22. The van der Waals surface area contributed by atoms with Crippen molar-refractivity contribution in [2.45, 2.75) is 12.3 Å². The van der Waals surface area contributed by atoms with Gasteiger partial charge in [-0.15, -0.1) is 11.6 Å². The van der Waals surface area contributed by atoms with Gasteiger partial charge in [-0.2, -0.15) is 0 Å². The Kier molecular flexibility index (Phi) is 1.93. The maximum absolute atomic E-state index is 6.02. The lowest BCUT2D eigenvalue weighted by Crippen LogP contribution is -2.05. The predicted octanol–water partition coefficient (Wildman–Crippen LogP) is 3.26. The molecule has 1 heteroatoms. The van der Waals surface area contributed by atoms with Gasteiger partial charge in [0.25, 0.3) is 0 Å². The maximum Gasteiger partial charge on any atom is 0.0451 e. The quantitative estimate of drug-likeness (QED) is 0.578. The molecule has 0 heterocycles. The van der Waals surface area contributed by atoms with Crippen molar-refractivity contribution in [1.29, 1.82) is 0 Å². The van der Waals surface area contributed by atoms with Crippen LogP contribution in [-0.4, -0.2) is 5.38 Å². The van der Waals surface area contributed by atoms with Crippen LogP contribution in [0.25, 0.3) is 6.08 Å². The normalized spacial score (nSPS) is 17.8. The first kappa shape index (κ1) is 7.88. The van der Waals surface area contributed by atoms with E-state index in [0.717, 1.165) is 0 Å². The van der Waals surface area contributed by atoms with Crippen molar-refractivity contribution in [3.8, 4) is 0 Å². The highest BCUT2D eigenvalue weighted by atomic mass is 35.5. The average Bonchev–Trinajstić information content (AvgIpc) is 2.47. The van der Waals surface area contributed by atoms with E-state index in [1.54, 1.807) is 0 Å². The number of fused-ring (bicyclic) bond motifs is 1. The van der Waals surface area contributed by atoms with Gasteiger partial charge in [-0.1, -0.05) is 36.4 Å². The molecule has 61 valence electrons. The van der Waals surface area contributed by atoms with Crippen molar-refractivity contribution < 1.29 is 0 Å². The Hall–Kier alpha value is -0.750. The Balaban J connectivity index is 2.42. The third-order valence-corrected chi connectivity index (χ3v) is 2.38. The zero-order valence-corrected chi connectivity index (χ0v) is 7.68. The molecule has 0 aromatic heterocycles. The van der Waals surface area contributed by atoms with Crippen LogP contribution in [0.5, 0.6) is 0 Å². The Morgan fingerprint density at radius 2 is 1.92 bits per heavy atom. The summed E-state index contributed by atoms with van der Waals surface area (Å²) in [5.41, 5.74) is 2.56. The van der Waals surface area contributed by atoms with Crippen molar-refractivity contribution in [1.82, 2.24) is 0 Å². The molecule has 1 atom stereocenters. The smallest absolute Gasteiger partial charge is 0.0451 e. The van der Waals surface area contributed by atoms with Crippen molar-refractivity contribution in [3.63, 3.8) is 0 Å². The van der Waals surface area contributed by atoms with Gasteiger partial charge in [-0.3, -0.25) is 0 Å². The van der Waals surface area contributed by atoms with Gasteiger partial charge in [0.05, 0.1) is 0 Å². The van der Waals surface area contributed by atoms with E-state index in [1.165, 1.54) is 17.0 Å². The molecule has 1 aliphatic carbocycles. The van der Waals surface area contributed by atoms with Gasteiger partial charge in [0, 0.05) is 11.3 Å². The lowest BCUT2D eigenvalue weighted by Gasteiger charge is -2.11. The molecule has 12 heavy (non-hydrogen) atoms. The standard InChI is InChI=1S/C11H10Cl/c1-8(12)10-7-6-9-4-2-3-5-11(9)10/h2-8H,1H3. The fraction of sp³-hybridized carbons (Fsp3) is 0.182. The van der Waals surface area contributed by atoms with Gasteiger partial charge in [0.15, 0.2) is 0 Å². The Morgan fingerprint density at radius 1 is 1.17 bits per heavy atom. The van der Waals surface area contributed by atoms with Gasteiger partial charge in [0.2, 0.25) is 0 Å². The fourth-order valence-electron chi connectivity index (χ4n) is 1.52. The number of hydrogen-bond donors (Lipinski definition) is 0. The molecular weight excluding hydrogens is 168 g/mol. The van der Waals surface area contributed by atoms with E-state index >= 15 is 0 Å². The second-order valence-corrected chi connectivity index (χ2v) is 3.65. The molecule has 0 fully saturated rings. The van der Waals surface area contributed by atoms with Gasteiger partial charge in [-0.25, -0.2) is 0 Å². The largest absolute Gasteiger partial charge is 0.122 e. The topological polar surface area (TPSA) is 0 Å². The summed E-state index contributed by atoms with van der Waals surface area (Å²) >= 11 is 6.02. The minimum atomic E-state index is 0.102. The van der Waals surface area contributed by atoms with Crippen LogP contribution in [0, 0.1) is 5.92 Å². The molecule has 0 saturated heterocycles. The van der Waals surface area contributed by atoms with E-state index in [2.05, 4.69) is 24.3 Å². The number of rotatable bonds is 1. The molecule has 1 aliphatic rings. The zero-order valence-electron chi connectivity index (χ0n) is 6.92. The van der Waals surface area contributed by atoms with Gasteiger partial charge in [-0.05, 0) is 18.1 Å². The van der Waals surface area contributed by atoms with Crippen LogP contribution < -0.4 is 0 Å². The van der Waals surface area contributed by atoms with E-state index in [9.17, 15) is 0 Å². The minimum Gasteiger partial charge on any atom is -0.122 e. The molecule has 0 aliphatic heterocycles. The third kappa shape index (κ3) is 1.16. The molecule has 0 saturated carbocycles. The van der Waals surface area contributed by atoms with Crippen LogP contribution in [0.1, 0.15) is 18.1 Å². The number of alkyl halides is 1. The van der Waals surface area contributed by atoms with Gasteiger partial charge < -0.3 is 0 Å². The highest BCUT2D eigenvalue weighted by Gasteiger charge is 2.21. The van der Waals surface area contributed by atoms with Crippen molar-refractivity contribution in [2.75, 3.05) is 0 Å². The van der Waals surface area contributed by atoms with Gasteiger partial charge >= 0.3 is 0 Å². The van der Waals surface area contributed by atoms with Crippen LogP contribution in [0.2, 0.25) is 0 Å². The summed E-state index contributed by atoms with van der Waals surface area (Å²) in [6.07, 6.45) is 4.21. The maximum atomic E-state index is 6.02. The Labute approximate surface area is 77.9 Å². The molecule has 0 spiro atoms. The number of hydrogen-bond acceptors (Lipinski definition) is 0. The van der Waals surface area contributed by atoms with Crippen molar-refractivity contribution >= 4 is 17.7 Å². The third-order valence-electron chi connectivity index (χ3n) is 2.14. The van der Waals surface area contributed by atoms with Crippen molar-refractivity contribution in [3.05, 3.63) is 47.4 Å². The first-order valence-corrected chi connectivity index (χ1v) is 4.51. The van der Waals surface area contributed by atoms with E-state index < -0.39 is 0 Å². The monoisotopic (exact) mass is 177 g/mol. The van der Waals surface area contributed by atoms with E-state index in [-0.39, 0.29) is 5.38 Å². The average molecular weight is 178 g/mol. The second-order valence-electron chi connectivity index (χ2n) is 2.99. The minimum absolute atomic E-state index is 0.102. The molecule has 1 unspecified atom stereocenters. The summed E-state index contributed by atoms with van der Waals surface area (Å²) in [7, 11) is 0. The van der Waals surface area contributed by atoms with Gasteiger partial charge in [0.1, 0.15) is 0 Å². The van der Waals surface area contributed by atoms with E-state index in [0.29, 0.717) is 0 Å². The van der Waals surface area contributed by atoms with Crippen LogP contribution >= 0.6 is 11.6 Å². The van der Waals surface area contributed by atoms with Crippen LogP contribution in [0.15, 0.2) is 30.3 Å². The molecule has 2 rings (SSSR count). The fourth-order valence-corrected chi connectivity index (χ4v) is 1.71. The lowest BCUT2D eigenvalue weighted by atomic mass is 9.98. The molecule has 1 radical (unpaired) electrons. The van der Waals surface area contributed by atoms with E-state index in [1.807, 2.05) is 19.1 Å². The second kappa shape index (κ2) is 2.95. The van der Waals surface area contributed by atoms with Crippen LogP contribution in [0.3, 0.4) is 0 Å². The first-order valence-electron chi connectivity index (χ1n) is 4.07. The number of allylic oxidation sites excluding steroid dienone is 1. The van der Waals surface area contributed by atoms with Crippen molar-refractivity contribution in [2.24, 2.45) is 0 Å². The molecule has 1 aromatic carbocycles. The summed E-state index contributed by atoms with van der Waals surface area (Å²) < 4.78 is 0. The highest BCUT2D eigenvalue weighted by Crippen LogP contribution is 2.33. The summed E-state index contributed by atoms with van der Waals surface area (Å²) in [4.78, 5) is 0. The SMILES string of the molecule is CC(Cl)[C]1C=Cc2ccccc21. The first-order chi connectivity index (χ1) is 5.79. The summed E-state index contributed by atoms with van der Waals surface area (Å²) in [6.45, 7) is 2.00. The molecule has 0 amide bonds. The lowest BCUT2D eigenvalue weighted by molar-refractivity contribution is 1.04. The Bertz CT molecular complexity index is 313. The summed E-state index contributed by atoms with van der Waals surface area (Å²) in [5.74, 6) is 1.23. The molecule has 0 bridgehead atoms. The molecule has 0 N–H and O–H groups in total. The number of benzene rings is 1. The molecular formula is C11H10Cl.